The van der Waals surface area contributed by atoms with Crippen molar-refractivity contribution in [2.24, 2.45) is 0 Å². The second kappa shape index (κ2) is 25.3. The first-order valence-corrected chi connectivity index (χ1v) is 38.9. The summed E-state index contributed by atoms with van der Waals surface area (Å²) in [4.78, 5) is 5.17. The maximum atomic E-state index is 9.76. The van der Waals surface area contributed by atoms with Crippen LogP contribution < -0.4 is 26.2 Å². The highest BCUT2D eigenvalue weighted by Crippen LogP contribution is 2.56. The van der Waals surface area contributed by atoms with E-state index < -0.39 is 24.8 Å². The van der Waals surface area contributed by atoms with Gasteiger partial charge in [-0.15, -0.1) is 11.3 Å². The molecule has 2 aliphatic heterocycles. The van der Waals surface area contributed by atoms with E-state index in [4.69, 9.17) is 1.37 Å². The molecule has 0 bridgehead atoms. The van der Waals surface area contributed by atoms with E-state index in [1.807, 2.05) is 17.4 Å². The van der Waals surface area contributed by atoms with Crippen LogP contribution in [0.15, 0.2) is 358 Å². The third-order valence-corrected chi connectivity index (χ3v) is 24.2. The van der Waals surface area contributed by atoms with Crippen LogP contribution in [-0.4, -0.2) is 15.8 Å². The van der Waals surface area contributed by atoms with Crippen LogP contribution in [0, 0.1) is 0 Å². The summed E-state index contributed by atoms with van der Waals surface area (Å²) >= 11 is 1.84. The van der Waals surface area contributed by atoms with Crippen LogP contribution in [0.1, 0.15) is 59.5 Å². The predicted molar refractivity (Wildman–Crippen MR) is 472 cm³/mol. The second-order valence-electron chi connectivity index (χ2n) is 31.5. The minimum absolute atomic E-state index is 0.129. The van der Waals surface area contributed by atoms with Gasteiger partial charge in [0.2, 0.25) is 0 Å². The summed E-state index contributed by atoms with van der Waals surface area (Å²) in [6.07, 6.45) is 0. The monoisotopic (exact) mass is 1430 g/mol. The quantitative estimate of drug-likeness (QED) is 0.127. The van der Waals surface area contributed by atoms with Crippen LogP contribution in [0.25, 0.3) is 142 Å². The molecule has 110 heavy (non-hydrogen) atoms. The Labute approximate surface area is 653 Å². The minimum atomic E-state index is -0.494. The van der Waals surface area contributed by atoms with Crippen LogP contribution in [-0.2, 0) is 10.8 Å². The summed E-state index contributed by atoms with van der Waals surface area (Å²) in [5.41, 5.74) is 28.1. The van der Waals surface area contributed by atoms with E-state index in [-0.39, 0.29) is 28.5 Å². The van der Waals surface area contributed by atoms with Crippen molar-refractivity contribution >= 4 is 132 Å². The van der Waals surface area contributed by atoms with Crippen LogP contribution in [0.4, 0.5) is 34.1 Å². The average molecular weight is 1430 g/mol. The maximum Gasteiger partial charge on any atom is 0.252 e. The second-order valence-corrected chi connectivity index (χ2v) is 32.6. The zero-order valence-corrected chi connectivity index (χ0v) is 62.8. The number of fused-ring (bicyclic) bond motifs is 14. The van der Waals surface area contributed by atoms with Gasteiger partial charge in [0.1, 0.15) is 0 Å². The lowest BCUT2D eigenvalue weighted by atomic mass is 9.33. The molecule has 0 atom stereocenters. The molecule has 4 nitrogen and oxygen atoms in total. The van der Waals surface area contributed by atoms with Crippen molar-refractivity contribution in [3.63, 3.8) is 0 Å². The number of thiophene rings is 1. The molecular weight excluding hydrogens is 1350 g/mol. The summed E-state index contributed by atoms with van der Waals surface area (Å²) in [7, 11) is 0. The van der Waals surface area contributed by atoms with E-state index >= 15 is 0 Å². The molecule has 0 aliphatic carbocycles. The zero-order valence-electron chi connectivity index (χ0n) is 67.0. The number of aromatic nitrogens is 2. The van der Waals surface area contributed by atoms with Gasteiger partial charge in [-0.2, -0.15) is 0 Å². The normalized spacial score (nSPS) is 13.4. The van der Waals surface area contributed by atoms with Gasteiger partial charge in [0.05, 0.1) is 40.3 Å². The largest absolute Gasteiger partial charge is 0.310 e. The lowest BCUT2D eigenvalue weighted by Gasteiger charge is -2.46. The van der Waals surface area contributed by atoms with Crippen molar-refractivity contribution < 1.29 is 6.85 Å². The van der Waals surface area contributed by atoms with Crippen molar-refractivity contribution in [2.45, 2.75) is 52.4 Å². The molecule has 16 aromatic carbocycles. The van der Waals surface area contributed by atoms with E-state index in [0.29, 0.717) is 5.56 Å². The van der Waals surface area contributed by atoms with Gasteiger partial charge in [-0.25, -0.2) is 0 Å². The van der Waals surface area contributed by atoms with Crippen molar-refractivity contribution in [1.29, 1.82) is 0 Å². The Bertz CT molecular complexity index is 7170. The standard InChI is InChI=1S/C104H77BN4S/c1-103(2,3)73-40-28-39-71(59-73)85-64-74(104(4,5)6)63-84(69-37-18-10-19-38-69)101(85)109-92-65-76(107-88-49-25-22-43-80(88)81-55-58-96-98(102(81)107)83-45-24-27-52-95(83)110-96)54-57-87(92)105-86-56-53-70(66-31-12-7-13-32-66)60-91(86)108(100-78(67-33-14-8-15-34-67)47-29-48-79(100)68-35-16-9-17-36-68)93-61-72(62-94(109)99(93)105)77-46-30-51-90-97(77)82-44-23-26-50-89(82)106(90)75-41-20-11-21-42-75/h7-65H,1-6H3/i7D,12D,13D,31D,32D. The van der Waals surface area contributed by atoms with Gasteiger partial charge in [0.15, 0.2) is 0 Å². The molecular formula is C104H77BN4S. The molecule has 5 heterocycles. The fourth-order valence-corrected chi connectivity index (χ4v) is 19.1. The Hall–Kier alpha value is -13.0. The Morgan fingerprint density at radius 3 is 1.47 bits per heavy atom. The van der Waals surface area contributed by atoms with Crippen LogP contribution in [0.2, 0.25) is 0 Å². The van der Waals surface area contributed by atoms with Gasteiger partial charge in [0.25, 0.3) is 6.71 Å². The third-order valence-electron chi connectivity index (χ3n) is 23.1. The Balaban J connectivity index is 0.986. The highest BCUT2D eigenvalue weighted by atomic mass is 32.1. The molecule has 0 fully saturated rings. The van der Waals surface area contributed by atoms with Crippen LogP contribution in [0.3, 0.4) is 0 Å². The van der Waals surface area contributed by atoms with Gasteiger partial charge in [-0.1, -0.05) is 314 Å². The van der Waals surface area contributed by atoms with Gasteiger partial charge < -0.3 is 18.9 Å². The molecule has 0 unspecified atom stereocenters. The van der Waals surface area contributed by atoms with Crippen molar-refractivity contribution in [1.82, 2.24) is 9.13 Å². The van der Waals surface area contributed by atoms with Gasteiger partial charge in [-0.05, 0) is 168 Å². The lowest BCUT2D eigenvalue weighted by molar-refractivity contribution is 0.589. The Morgan fingerprint density at radius 2 is 0.809 bits per heavy atom. The fraction of sp³-hybridized carbons (Fsp3) is 0.0769. The summed E-state index contributed by atoms with van der Waals surface area (Å²) in [6.45, 7) is 13.4. The number of hydrogen-bond donors (Lipinski definition) is 0. The van der Waals surface area contributed by atoms with Crippen LogP contribution in [0.5, 0.6) is 0 Å². The molecule has 6 heteroatoms. The Morgan fingerprint density at radius 1 is 0.300 bits per heavy atom. The molecule has 3 aromatic heterocycles. The van der Waals surface area contributed by atoms with E-state index in [1.165, 1.54) is 42.1 Å². The van der Waals surface area contributed by atoms with Gasteiger partial charge in [0, 0.05) is 98.1 Å². The topological polar surface area (TPSA) is 16.3 Å². The van der Waals surface area contributed by atoms with E-state index in [9.17, 15) is 5.48 Å². The fourth-order valence-electron chi connectivity index (χ4n) is 18.0. The average Bonchev–Trinajstić information content (AvgIpc) is 1.13. The number of benzene rings is 16. The SMILES string of the molecule is [2H]c1c([2H])c([2H])c(-c2ccc3c(c2)N(c2c(-c4ccccc4)cccc2-c2ccccc2)c2cc(-c4cccc5c4c4ccccc4n5-c4ccccc4)cc4c2B3c2ccc(-n3c5ccccc5c5ccc6sc7ccccc7c6c53)cc2N4c2c(-c3ccccc3)cc(C(C)(C)C)cc2-c2cccc(C(C)(C)C)c2)c([2H])c1[2H]. The molecule has 0 amide bonds. The predicted octanol–water partition coefficient (Wildman–Crippen LogP) is 26.9. The van der Waals surface area contributed by atoms with Crippen LogP contribution >= 0.6 is 11.3 Å². The number of hydrogen-bond acceptors (Lipinski definition) is 3. The highest BCUT2D eigenvalue weighted by molar-refractivity contribution is 7.26. The van der Waals surface area contributed by atoms with E-state index in [0.717, 1.165) is 150 Å². The summed E-state index contributed by atoms with van der Waals surface area (Å²) in [5, 5.41) is 7.00. The van der Waals surface area contributed by atoms with Crippen molar-refractivity contribution in [3.8, 4) is 78.1 Å². The molecule has 2 aliphatic rings. The molecule has 0 saturated heterocycles. The Kier molecular flexibility index (Phi) is 13.8. The summed E-state index contributed by atoms with van der Waals surface area (Å²) in [5.74, 6) is 0. The summed E-state index contributed by atoms with van der Waals surface area (Å²) < 4.78 is 54.3. The molecule has 0 saturated carbocycles. The lowest BCUT2D eigenvalue weighted by Crippen LogP contribution is -2.61. The van der Waals surface area contributed by atoms with E-state index in [2.05, 4.69) is 382 Å². The van der Waals surface area contributed by atoms with Crippen molar-refractivity contribution in [2.75, 3.05) is 9.80 Å². The van der Waals surface area contributed by atoms with Gasteiger partial charge in [-0.3, -0.25) is 0 Å². The number of anilines is 6. The van der Waals surface area contributed by atoms with E-state index in [1.54, 1.807) is 0 Å². The first-order chi connectivity index (χ1) is 55.9. The third kappa shape index (κ3) is 10.3. The smallest absolute Gasteiger partial charge is 0.252 e. The molecule has 19 aromatic rings. The summed E-state index contributed by atoms with van der Waals surface area (Å²) in [6, 6.07) is 119. The molecule has 522 valence electrons. The number of rotatable bonds is 10. The molecule has 0 N–H and O–H groups in total. The first-order valence-electron chi connectivity index (χ1n) is 40.6. The maximum absolute atomic E-state index is 9.76. The first kappa shape index (κ1) is 60.1. The molecule has 0 radical (unpaired) electrons. The van der Waals surface area contributed by atoms with Crippen molar-refractivity contribution in [3.05, 3.63) is 369 Å². The zero-order chi connectivity index (χ0) is 78.0. The molecule has 0 spiro atoms. The highest BCUT2D eigenvalue weighted by Gasteiger charge is 2.46. The minimum Gasteiger partial charge on any atom is -0.310 e. The molecule has 21 rings (SSSR count). The number of para-hydroxylation sites is 4. The van der Waals surface area contributed by atoms with Gasteiger partial charge >= 0.3 is 0 Å². The number of nitrogens with zero attached hydrogens (tertiary/aromatic N) is 4.